The van der Waals surface area contributed by atoms with Gasteiger partial charge in [-0.25, -0.2) is 4.79 Å². The second-order valence-corrected chi connectivity index (χ2v) is 12.4. The van der Waals surface area contributed by atoms with Crippen molar-refractivity contribution < 1.29 is 56.1 Å². The summed E-state index contributed by atoms with van der Waals surface area (Å²) in [6, 6.07) is 0. The molecule has 0 bridgehead atoms. The molecule has 0 unspecified atom stereocenters. The average molecular weight is 756 g/mol. The van der Waals surface area contributed by atoms with Gasteiger partial charge in [0.25, 0.3) is 0 Å². The van der Waals surface area contributed by atoms with E-state index < -0.39 is 36.4 Å². The highest BCUT2D eigenvalue weighted by Crippen LogP contribution is 2.32. The van der Waals surface area contributed by atoms with Crippen molar-refractivity contribution in [2.24, 2.45) is 23.1 Å². The van der Waals surface area contributed by atoms with E-state index in [0.717, 1.165) is 0 Å². The Kier molecular flexibility index (Phi) is 25.6. The lowest BCUT2D eigenvalue weighted by molar-refractivity contribution is -0.199. The van der Waals surface area contributed by atoms with Crippen LogP contribution in [0, 0.1) is 5.92 Å². The third kappa shape index (κ3) is 22.1. The summed E-state index contributed by atoms with van der Waals surface area (Å²) >= 11 is 0. The molecule has 1 fully saturated rings. The molecule has 0 aliphatic heterocycles. The van der Waals surface area contributed by atoms with E-state index in [-0.39, 0.29) is 88.6 Å². The van der Waals surface area contributed by atoms with Crippen LogP contribution in [-0.2, 0) is 42.9 Å². The largest absolute Gasteiger partial charge is 0.490 e. The maximum absolute atomic E-state index is 13.3. The lowest BCUT2D eigenvalue weighted by Crippen LogP contribution is -2.52. The Balaban J connectivity index is 2.89. The minimum atomic E-state index is -5.03. The minimum Gasteiger partial charge on any atom is -0.459 e. The first-order valence-electron chi connectivity index (χ1n) is 18.2. The van der Waals surface area contributed by atoms with Crippen LogP contribution in [0.3, 0.4) is 0 Å². The lowest BCUT2D eigenvalue weighted by Gasteiger charge is -2.40. The molecule has 19 heteroatoms. The van der Waals surface area contributed by atoms with Gasteiger partial charge >= 0.3 is 12.1 Å². The average Bonchev–Trinajstić information content (AvgIpc) is 3.09. The van der Waals surface area contributed by atoms with Gasteiger partial charge in [0.15, 0.2) is 0 Å². The second kappa shape index (κ2) is 28.4. The number of amides is 4. The highest BCUT2D eigenvalue weighted by atomic mass is 19.4. The zero-order valence-corrected chi connectivity index (χ0v) is 30.1. The van der Waals surface area contributed by atoms with E-state index in [0.29, 0.717) is 84.3 Å². The van der Waals surface area contributed by atoms with Crippen LogP contribution < -0.4 is 38.5 Å². The highest BCUT2D eigenvalue weighted by molar-refractivity contribution is 5.79. The smallest absolute Gasteiger partial charge is 0.459 e. The number of alkyl halides is 3. The third-order valence-electron chi connectivity index (χ3n) is 8.04. The first-order chi connectivity index (χ1) is 24.9. The van der Waals surface area contributed by atoms with E-state index in [4.69, 9.17) is 31.4 Å². The standard InChI is InChI=1S/C33H60F3N7O9/c34-33(35,36)32(48)52-18-4-2-1-3-14-43-31(47)24-22-25(49-19-8-27(44)40-15-5-11-37)30(51-21-10-29(46)42-17-7-13-39)26(23-24)50-20-9-28(45)41-16-6-12-38/h24-26,30H,1-23,37-39H2,(H,40,44)(H,41,45)(H,42,46)(H,43,47)/t24?,25-,26-,30?/m1/s1. The predicted molar refractivity (Wildman–Crippen MR) is 184 cm³/mol. The first kappa shape index (κ1) is 46.9. The fourth-order valence-electron chi connectivity index (χ4n) is 5.25. The normalized spacial score (nSPS) is 18.7. The molecule has 0 radical (unpaired) electrons. The van der Waals surface area contributed by atoms with Crippen molar-refractivity contribution in [2.75, 3.05) is 72.2 Å². The Labute approximate surface area is 303 Å². The molecular weight excluding hydrogens is 695 g/mol. The van der Waals surface area contributed by atoms with Gasteiger partial charge in [0, 0.05) is 51.4 Å². The molecule has 16 nitrogen and oxygen atoms in total. The fourth-order valence-corrected chi connectivity index (χ4v) is 5.25. The van der Waals surface area contributed by atoms with Crippen LogP contribution in [0.25, 0.3) is 0 Å². The number of unbranched alkanes of at least 4 members (excludes halogenated alkanes) is 3. The van der Waals surface area contributed by atoms with Gasteiger partial charge in [-0.05, 0) is 71.0 Å². The van der Waals surface area contributed by atoms with Crippen molar-refractivity contribution in [1.82, 2.24) is 21.3 Å². The summed E-state index contributed by atoms with van der Waals surface area (Å²) in [5, 5.41) is 11.2. The number of ether oxygens (including phenoxy) is 4. The maximum Gasteiger partial charge on any atom is 0.490 e. The fraction of sp³-hybridized carbons (Fsp3) is 0.848. The number of rotatable bonds is 29. The summed E-state index contributed by atoms with van der Waals surface area (Å²) in [5.74, 6) is -3.73. The molecule has 0 saturated heterocycles. The molecule has 0 aromatic carbocycles. The van der Waals surface area contributed by atoms with Gasteiger partial charge in [0.05, 0.1) is 38.6 Å². The number of nitrogens with two attached hydrogens (primary N) is 3. The maximum atomic E-state index is 13.3. The van der Waals surface area contributed by atoms with Crippen LogP contribution in [-0.4, -0.2) is 126 Å². The third-order valence-corrected chi connectivity index (χ3v) is 8.04. The molecule has 302 valence electrons. The van der Waals surface area contributed by atoms with Crippen LogP contribution in [0.1, 0.15) is 77.0 Å². The molecular formula is C33H60F3N7O9. The van der Waals surface area contributed by atoms with Crippen LogP contribution in [0.4, 0.5) is 13.2 Å². The molecule has 10 N–H and O–H groups in total. The molecule has 1 saturated carbocycles. The molecule has 0 aromatic heterocycles. The Hall–Kier alpha value is -3.10. The zero-order valence-electron chi connectivity index (χ0n) is 30.1. The van der Waals surface area contributed by atoms with Crippen molar-refractivity contribution in [3.8, 4) is 0 Å². The molecule has 0 aromatic rings. The Morgan fingerprint density at radius 1 is 0.558 bits per heavy atom. The topological polar surface area (TPSA) is 248 Å². The summed E-state index contributed by atoms with van der Waals surface area (Å²) < 4.78 is 59.4. The first-order valence-corrected chi connectivity index (χ1v) is 18.2. The van der Waals surface area contributed by atoms with Crippen LogP contribution >= 0.6 is 0 Å². The van der Waals surface area contributed by atoms with Gasteiger partial charge < -0.3 is 57.4 Å². The van der Waals surface area contributed by atoms with E-state index in [1.165, 1.54) is 0 Å². The molecule has 1 aliphatic rings. The monoisotopic (exact) mass is 755 g/mol. The molecule has 1 rings (SSSR count). The van der Waals surface area contributed by atoms with Gasteiger partial charge in [-0.2, -0.15) is 13.2 Å². The lowest BCUT2D eigenvalue weighted by atomic mass is 9.82. The molecule has 4 amide bonds. The van der Waals surface area contributed by atoms with Gasteiger partial charge in [0.2, 0.25) is 23.6 Å². The molecule has 52 heavy (non-hydrogen) atoms. The van der Waals surface area contributed by atoms with Gasteiger partial charge in [-0.15, -0.1) is 0 Å². The minimum absolute atomic E-state index is 0.0292. The quantitative estimate of drug-likeness (QED) is 0.0391. The Morgan fingerprint density at radius 3 is 1.42 bits per heavy atom. The van der Waals surface area contributed by atoms with E-state index in [1.807, 2.05) is 0 Å². The molecule has 1 aliphatic carbocycles. The van der Waals surface area contributed by atoms with Crippen molar-refractivity contribution in [3.63, 3.8) is 0 Å². The molecule has 2 atom stereocenters. The number of hydrogen-bond donors (Lipinski definition) is 7. The summed E-state index contributed by atoms with van der Waals surface area (Å²) in [4.78, 5) is 61.1. The second-order valence-electron chi connectivity index (χ2n) is 12.4. The summed E-state index contributed by atoms with van der Waals surface area (Å²) in [5.41, 5.74) is 16.5. The SMILES string of the molecule is NCCCNC(=O)CCOC1[C@H](OCCC(=O)NCCCN)CC(C(=O)NCCCCCCOC(=O)C(F)(F)F)C[C@H]1OCCC(=O)NCCCN. The van der Waals surface area contributed by atoms with Gasteiger partial charge in [-0.3, -0.25) is 19.2 Å². The van der Waals surface area contributed by atoms with Crippen LogP contribution in [0.2, 0.25) is 0 Å². The van der Waals surface area contributed by atoms with Crippen molar-refractivity contribution in [1.29, 1.82) is 0 Å². The van der Waals surface area contributed by atoms with E-state index >= 15 is 0 Å². The van der Waals surface area contributed by atoms with E-state index in [1.54, 1.807) is 0 Å². The Morgan fingerprint density at radius 2 is 0.981 bits per heavy atom. The van der Waals surface area contributed by atoms with Gasteiger partial charge in [-0.1, -0.05) is 6.42 Å². The Bertz CT molecular complexity index is 1010. The van der Waals surface area contributed by atoms with E-state index in [9.17, 15) is 37.1 Å². The molecule has 0 spiro atoms. The van der Waals surface area contributed by atoms with Gasteiger partial charge in [0.1, 0.15) is 6.10 Å². The zero-order chi connectivity index (χ0) is 38.6. The number of carbonyl (C=O) groups is 5. The number of halogens is 3. The number of esters is 1. The number of carbonyl (C=O) groups excluding carboxylic acids is 5. The number of hydrogen-bond acceptors (Lipinski definition) is 12. The van der Waals surface area contributed by atoms with Crippen molar-refractivity contribution in [3.05, 3.63) is 0 Å². The predicted octanol–water partition coefficient (Wildman–Crippen LogP) is -0.101. The summed E-state index contributed by atoms with van der Waals surface area (Å²) in [6.07, 6.45) is -2.72. The summed E-state index contributed by atoms with van der Waals surface area (Å²) in [7, 11) is 0. The summed E-state index contributed by atoms with van der Waals surface area (Å²) in [6.45, 7) is 2.66. The number of nitrogens with one attached hydrogen (secondary N) is 4. The highest BCUT2D eigenvalue weighted by Gasteiger charge is 2.43. The van der Waals surface area contributed by atoms with Crippen molar-refractivity contribution >= 4 is 29.6 Å². The van der Waals surface area contributed by atoms with Crippen molar-refractivity contribution in [2.45, 2.75) is 102 Å². The van der Waals surface area contributed by atoms with E-state index in [2.05, 4.69) is 26.0 Å². The van der Waals surface area contributed by atoms with Crippen LogP contribution in [0.15, 0.2) is 0 Å². The van der Waals surface area contributed by atoms with Crippen LogP contribution in [0.5, 0.6) is 0 Å². The molecule has 0 heterocycles.